The topological polar surface area (TPSA) is 9.23 Å². The molecule has 0 saturated heterocycles. The van der Waals surface area contributed by atoms with Crippen LogP contribution in [0.5, 0.6) is 5.75 Å². The van der Waals surface area contributed by atoms with Gasteiger partial charge in [0, 0.05) is 10.2 Å². The Morgan fingerprint density at radius 2 is 1.59 bits per heavy atom. The zero-order valence-electron chi connectivity index (χ0n) is 12.6. The van der Waals surface area contributed by atoms with Crippen molar-refractivity contribution in [2.75, 3.05) is 11.9 Å². The van der Waals surface area contributed by atoms with E-state index in [2.05, 4.69) is 46.3 Å². The highest BCUT2D eigenvalue weighted by atomic mass is 79.9. The van der Waals surface area contributed by atoms with Crippen LogP contribution >= 0.6 is 48.8 Å². The van der Waals surface area contributed by atoms with E-state index in [1.165, 1.54) is 42.5 Å². The fourth-order valence-corrected chi connectivity index (χ4v) is 4.98. The summed E-state index contributed by atoms with van der Waals surface area (Å²) >= 11 is 8.64. The van der Waals surface area contributed by atoms with Crippen LogP contribution in [0.25, 0.3) is 10.4 Å². The molecule has 0 amide bonds. The van der Waals surface area contributed by atoms with Crippen molar-refractivity contribution >= 4 is 48.8 Å². The van der Waals surface area contributed by atoms with Crippen LogP contribution in [0.2, 0.25) is 0 Å². The van der Waals surface area contributed by atoms with E-state index in [9.17, 15) is 0 Å². The van der Waals surface area contributed by atoms with Crippen molar-refractivity contribution in [3.8, 4) is 16.2 Å². The summed E-state index contributed by atoms with van der Waals surface area (Å²) in [6.07, 6.45) is 7.69. The van der Waals surface area contributed by atoms with E-state index in [1.807, 2.05) is 0 Å². The van der Waals surface area contributed by atoms with Gasteiger partial charge in [0.25, 0.3) is 0 Å². The fourth-order valence-electron chi connectivity index (χ4n) is 2.18. The predicted molar refractivity (Wildman–Crippen MR) is 105 cm³/mol. The second-order valence-corrected chi connectivity index (χ2v) is 8.88. The second-order valence-electron chi connectivity index (χ2n) is 5.18. The molecule has 0 aliphatic heterocycles. The van der Waals surface area contributed by atoms with Crippen molar-refractivity contribution in [3.05, 3.63) is 34.2 Å². The van der Waals surface area contributed by atoms with Gasteiger partial charge in [0.1, 0.15) is 9.57 Å². The van der Waals surface area contributed by atoms with Crippen molar-refractivity contribution < 1.29 is 4.74 Å². The van der Waals surface area contributed by atoms with Crippen LogP contribution in [-0.4, -0.2) is 11.9 Å². The molecule has 1 aromatic carbocycles. The Morgan fingerprint density at radius 1 is 0.909 bits per heavy atom. The lowest BCUT2D eigenvalue weighted by Gasteiger charge is -2.06. The van der Waals surface area contributed by atoms with Crippen molar-refractivity contribution in [1.29, 1.82) is 0 Å². The Balaban J connectivity index is 1.65. The van der Waals surface area contributed by atoms with Gasteiger partial charge in [0.05, 0.1) is 6.61 Å². The third kappa shape index (κ3) is 6.49. The first-order chi connectivity index (χ1) is 10.8. The first-order valence-electron chi connectivity index (χ1n) is 7.69. The Bertz CT molecular complexity index is 588. The molecule has 5 heteroatoms. The van der Waals surface area contributed by atoms with E-state index in [0.29, 0.717) is 0 Å². The van der Waals surface area contributed by atoms with Gasteiger partial charge in [-0.25, -0.2) is 0 Å². The number of alkyl halides is 1. The Labute approximate surface area is 153 Å². The lowest BCUT2D eigenvalue weighted by molar-refractivity contribution is 0.304. The first-order valence-corrected chi connectivity index (χ1v) is 11.4. The van der Waals surface area contributed by atoms with Crippen LogP contribution in [0.3, 0.4) is 0 Å². The Morgan fingerprint density at radius 3 is 2.23 bits per heavy atom. The molecule has 0 fully saturated rings. The van der Waals surface area contributed by atoms with Gasteiger partial charge < -0.3 is 4.74 Å². The van der Waals surface area contributed by atoms with E-state index in [0.717, 1.165) is 27.9 Å². The number of rotatable bonds is 10. The normalized spacial score (nSPS) is 10.8. The minimum atomic E-state index is 0.815. The molecule has 0 bridgehead atoms. The number of benzene rings is 1. The molecule has 22 heavy (non-hydrogen) atoms. The average Bonchev–Trinajstić information content (AvgIpc) is 2.97. The van der Waals surface area contributed by atoms with Crippen molar-refractivity contribution in [2.45, 2.75) is 38.5 Å². The van der Waals surface area contributed by atoms with Crippen molar-refractivity contribution in [2.24, 2.45) is 0 Å². The van der Waals surface area contributed by atoms with Crippen LogP contribution in [0.1, 0.15) is 38.5 Å². The van der Waals surface area contributed by atoms with E-state index in [-0.39, 0.29) is 0 Å². The minimum Gasteiger partial charge on any atom is -0.494 e. The first kappa shape index (κ1) is 18.1. The number of unbranched alkanes of at least 4 members (excludes halogenated alkanes) is 5. The molecule has 2 rings (SSSR count). The van der Waals surface area contributed by atoms with Crippen LogP contribution in [0.4, 0.5) is 0 Å². The van der Waals surface area contributed by atoms with Gasteiger partial charge in [-0.15, -0.1) is 0 Å². The molecule has 2 aromatic rings. The van der Waals surface area contributed by atoms with Gasteiger partial charge in [0.15, 0.2) is 0 Å². The number of halogens is 1. The van der Waals surface area contributed by atoms with Gasteiger partial charge in [-0.3, -0.25) is 0 Å². The maximum Gasteiger partial charge on any atom is 0.119 e. The Hall–Kier alpha value is -0.230. The molecule has 0 radical (unpaired) electrons. The van der Waals surface area contributed by atoms with Crippen molar-refractivity contribution in [1.82, 2.24) is 0 Å². The zero-order chi connectivity index (χ0) is 15.6. The lowest BCUT2D eigenvalue weighted by atomic mass is 10.1. The molecule has 1 heterocycles. The maximum atomic E-state index is 5.81. The summed E-state index contributed by atoms with van der Waals surface area (Å²) in [5.74, 6) is 0.960. The summed E-state index contributed by atoms with van der Waals surface area (Å²) in [6, 6.07) is 10.4. The summed E-state index contributed by atoms with van der Waals surface area (Å²) in [5, 5.41) is 1.13. The molecule has 1 aromatic heterocycles. The minimum absolute atomic E-state index is 0.815. The van der Waals surface area contributed by atoms with E-state index >= 15 is 0 Å². The highest BCUT2D eigenvalue weighted by Gasteiger charge is 2.01. The van der Waals surface area contributed by atoms with Gasteiger partial charge >= 0.3 is 0 Å². The maximum absolute atomic E-state index is 5.81. The molecule has 0 N–H and O–H groups in total. The lowest BCUT2D eigenvalue weighted by Crippen LogP contribution is -1.97. The molecule has 0 aliphatic rings. The summed E-state index contributed by atoms with van der Waals surface area (Å²) in [7, 11) is 3.39. The summed E-state index contributed by atoms with van der Waals surface area (Å²) in [6.45, 7) is 0.815. The smallest absolute Gasteiger partial charge is 0.119 e. The average molecular weight is 417 g/mol. The van der Waals surface area contributed by atoms with Crippen LogP contribution in [-0.2, 0) is 0 Å². The van der Waals surface area contributed by atoms with E-state index in [4.69, 9.17) is 17.0 Å². The summed E-state index contributed by atoms with van der Waals surface area (Å²) in [5.41, 5.74) is 1.22. The fraction of sp³-hybridized carbons (Fsp3) is 0.471. The van der Waals surface area contributed by atoms with Crippen molar-refractivity contribution in [3.63, 3.8) is 0 Å². The van der Waals surface area contributed by atoms with Crippen LogP contribution in [0, 0.1) is 3.82 Å². The SMILES string of the molecule is S=c1cc(-c2ccc(OCCCCCCCCBr)cc2)ss1. The molecule has 0 unspecified atom stereocenters. The molecule has 0 aliphatic carbocycles. The van der Waals surface area contributed by atoms with E-state index < -0.39 is 0 Å². The summed E-state index contributed by atoms with van der Waals surface area (Å²) < 4.78 is 6.76. The molecule has 0 atom stereocenters. The monoisotopic (exact) mass is 416 g/mol. The number of hydrogen-bond acceptors (Lipinski definition) is 4. The Kier molecular flexibility index (Phi) is 8.67. The third-order valence-corrected chi connectivity index (χ3v) is 6.87. The third-order valence-electron chi connectivity index (χ3n) is 3.40. The standard InChI is InChI=1S/C17H21BrOS3/c18-11-5-3-1-2-4-6-12-19-15-9-7-14(8-10-15)16-13-17(20)22-21-16/h7-10,13H,1-6,11-12H2. The summed E-state index contributed by atoms with van der Waals surface area (Å²) in [4.78, 5) is 1.24. The van der Waals surface area contributed by atoms with Gasteiger partial charge in [-0.2, -0.15) is 0 Å². The largest absolute Gasteiger partial charge is 0.494 e. The van der Waals surface area contributed by atoms with E-state index in [1.54, 1.807) is 20.7 Å². The number of ether oxygens (including phenoxy) is 1. The molecule has 1 nitrogen and oxygen atoms in total. The molecular formula is C17H21BrOS3. The van der Waals surface area contributed by atoms with Crippen LogP contribution in [0.15, 0.2) is 30.3 Å². The molecule has 0 saturated carbocycles. The molecule has 0 spiro atoms. The molecule has 120 valence electrons. The zero-order valence-corrected chi connectivity index (χ0v) is 16.6. The highest BCUT2D eigenvalue weighted by Crippen LogP contribution is 2.30. The van der Waals surface area contributed by atoms with Gasteiger partial charge in [-0.1, -0.05) is 74.5 Å². The van der Waals surface area contributed by atoms with Gasteiger partial charge in [-0.05, 0) is 48.7 Å². The predicted octanol–water partition coefficient (Wildman–Crippen LogP) is 7.32. The van der Waals surface area contributed by atoms with Crippen LogP contribution < -0.4 is 4.74 Å². The molecular weight excluding hydrogens is 396 g/mol. The number of hydrogen-bond donors (Lipinski definition) is 0. The quantitative estimate of drug-likeness (QED) is 0.173. The highest BCUT2D eigenvalue weighted by molar-refractivity contribution is 9.09. The van der Waals surface area contributed by atoms with Gasteiger partial charge in [0.2, 0.25) is 0 Å². The second kappa shape index (κ2) is 10.5.